The van der Waals surface area contributed by atoms with Gasteiger partial charge in [0.2, 0.25) is 0 Å². The highest BCUT2D eigenvalue weighted by Crippen LogP contribution is 2.17. The molecular weight excluding hydrogens is 150 g/mol. The molecule has 0 aromatic rings. The van der Waals surface area contributed by atoms with E-state index >= 15 is 0 Å². The molecule has 3 heteroatoms. The first kappa shape index (κ1) is 7.63. The van der Waals surface area contributed by atoms with Gasteiger partial charge < -0.3 is 10.1 Å². The topological polar surface area (TPSA) is 21.3 Å². The Morgan fingerprint density at radius 3 is 2.90 bits per heavy atom. The van der Waals surface area contributed by atoms with Crippen molar-refractivity contribution in [3.8, 4) is 0 Å². The number of ether oxygens (including phenoxy) is 1. The Labute approximate surface area is 65.5 Å². The predicted molar refractivity (Wildman–Crippen MR) is 41.6 cm³/mol. The second-order valence-corrected chi connectivity index (χ2v) is 2.57. The van der Waals surface area contributed by atoms with Gasteiger partial charge in [-0.15, -0.1) is 0 Å². The van der Waals surface area contributed by atoms with Crippen LogP contribution in [0.3, 0.4) is 0 Å². The SMILES string of the molecule is COC1C=C(Cl)C(C)=CN1. The first-order chi connectivity index (χ1) is 4.74. The number of rotatable bonds is 1. The van der Waals surface area contributed by atoms with Crippen LogP contribution in [-0.2, 0) is 4.74 Å². The number of dihydropyridines is 1. The number of nitrogens with one attached hydrogen (secondary N) is 1. The highest BCUT2D eigenvalue weighted by molar-refractivity contribution is 6.32. The van der Waals surface area contributed by atoms with Crippen LogP contribution in [0.1, 0.15) is 6.92 Å². The van der Waals surface area contributed by atoms with Crippen LogP contribution in [-0.4, -0.2) is 13.3 Å². The monoisotopic (exact) mass is 159 g/mol. The minimum atomic E-state index is -0.0730. The molecule has 0 saturated heterocycles. The number of allylic oxidation sites excluding steroid dienone is 2. The lowest BCUT2D eigenvalue weighted by Gasteiger charge is -2.17. The fourth-order valence-corrected chi connectivity index (χ4v) is 0.894. The van der Waals surface area contributed by atoms with Gasteiger partial charge in [-0.05, 0) is 18.6 Å². The maximum absolute atomic E-state index is 5.81. The summed E-state index contributed by atoms with van der Waals surface area (Å²) in [5, 5.41) is 3.76. The summed E-state index contributed by atoms with van der Waals surface area (Å²) in [6, 6.07) is 0. The molecule has 0 saturated carbocycles. The number of hydrogen-bond donors (Lipinski definition) is 1. The molecule has 0 amide bonds. The maximum Gasteiger partial charge on any atom is 0.147 e. The van der Waals surface area contributed by atoms with E-state index in [2.05, 4.69) is 5.32 Å². The van der Waals surface area contributed by atoms with Crippen molar-refractivity contribution < 1.29 is 4.74 Å². The third-order valence-corrected chi connectivity index (χ3v) is 1.82. The lowest BCUT2D eigenvalue weighted by Crippen LogP contribution is -2.26. The summed E-state index contributed by atoms with van der Waals surface area (Å²) in [5.74, 6) is 0. The molecule has 0 bridgehead atoms. The Bertz CT molecular complexity index is 186. The normalized spacial score (nSPS) is 24.9. The summed E-state index contributed by atoms with van der Waals surface area (Å²) in [6.07, 6.45) is 3.60. The van der Waals surface area contributed by atoms with Gasteiger partial charge in [0, 0.05) is 18.3 Å². The van der Waals surface area contributed by atoms with E-state index in [1.165, 1.54) is 0 Å². The highest BCUT2D eigenvalue weighted by Gasteiger charge is 2.08. The second-order valence-electron chi connectivity index (χ2n) is 2.16. The highest BCUT2D eigenvalue weighted by atomic mass is 35.5. The van der Waals surface area contributed by atoms with Crippen molar-refractivity contribution in [2.24, 2.45) is 0 Å². The molecule has 1 N–H and O–H groups in total. The molecule has 0 spiro atoms. The zero-order valence-corrected chi connectivity index (χ0v) is 6.77. The van der Waals surface area contributed by atoms with E-state index in [0.29, 0.717) is 0 Å². The maximum atomic E-state index is 5.81. The molecular formula is C7H10ClNO. The van der Waals surface area contributed by atoms with Gasteiger partial charge in [-0.2, -0.15) is 0 Å². The summed E-state index contributed by atoms with van der Waals surface area (Å²) in [6.45, 7) is 1.94. The van der Waals surface area contributed by atoms with Gasteiger partial charge in [0.15, 0.2) is 0 Å². The van der Waals surface area contributed by atoms with Crippen molar-refractivity contribution in [2.75, 3.05) is 7.11 Å². The van der Waals surface area contributed by atoms with E-state index in [4.69, 9.17) is 16.3 Å². The Kier molecular flexibility index (Phi) is 2.35. The Hall–Kier alpha value is -0.470. The molecule has 10 heavy (non-hydrogen) atoms. The second kappa shape index (κ2) is 3.08. The molecule has 0 aromatic carbocycles. The van der Waals surface area contributed by atoms with Crippen LogP contribution >= 0.6 is 11.6 Å². The standard InChI is InChI=1S/C7H10ClNO/c1-5-4-9-7(10-2)3-6(5)8/h3-4,7,9H,1-2H3. The van der Waals surface area contributed by atoms with Crippen LogP contribution in [0.5, 0.6) is 0 Å². The average molecular weight is 160 g/mol. The van der Waals surface area contributed by atoms with Crippen molar-refractivity contribution in [2.45, 2.75) is 13.2 Å². The van der Waals surface area contributed by atoms with Crippen LogP contribution in [0, 0.1) is 0 Å². The molecule has 1 atom stereocenters. The number of methoxy groups -OCH3 is 1. The Balaban J connectivity index is 2.66. The fraction of sp³-hybridized carbons (Fsp3) is 0.429. The molecule has 0 radical (unpaired) electrons. The van der Waals surface area contributed by atoms with Crippen molar-refractivity contribution in [3.63, 3.8) is 0 Å². The lowest BCUT2D eigenvalue weighted by molar-refractivity contribution is 0.123. The van der Waals surface area contributed by atoms with Gasteiger partial charge in [-0.3, -0.25) is 0 Å². The van der Waals surface area contributed by atoms with Crippen LogP contribution < -0.4 is 5.32 Å². The fourth-order valence-electron chi connectivity index (χ4n) is 0.725. The molecule has 1 aliphatic rings. The van der Waals surface area contributed by atoms with E-state index in [1.807, 2.05) is 19.2 Å². The van der Waals surface area contributed by atoms with Gasteiger partial charge in [0.1, 0.15) is 6.23 Å². The third kappa shape index (κ3) is 1.52. The lowest BCUT2D eigenvalue weighted by atomic mass is 10.2. The van der Waals surface area contributed by atoms with E-state index in [1.54, 1.807) is 7.11 Å². The van der Waals surface area contributed by atoms with Gasteiger partial charge in [-0.1, -0.05) is 11.6 Å². The molecule has 0 aromatic heterocycles. The zero-order chi connectivity index (χ0) is 7.56. The molecule has 56 valence electrons. The van der Waals surface area contributed by atoms with E-state index < -0.39 is 0 Å². The smallest absolute Gasteiger partial charge is 0.147 e. The quantitative estimate of drug-likeness (QED) is 0.628. The van der Waals surface area contributed by atoms with E-state index in [-0.39, 0.29) is 6.23 Å². The summed E-state index contributed by atoms with van der Waals surface area (Å²) in [7, 11) is 1.63. The van der Waals surface area contributed by atoms with Crippen LogP contribution in [0.25, 0.3) is 0 Å². The van der Waals surface area contributed by atoms with Crippen molar-refractivity contribution >= 4 is 11.6 Å². The predicted octanol–water partition coefficient (Wildman–Crippen LogP) is 1.59. The largest absolute Gasteiger partial charge is 0.363 e. The molecule has 0 fully saturated rings. The Morgan fingerprint density at radius 2 is 2.40 bits per heavy atom. The van der Waals surface area contributed by atoms with Crippen molar-refractivity contribution in [1.29, 1.82) is 0 Å². The number of hydrogen-bond acceptors (Lipinski definition) is 2. The van der Waals surface area contributed by atoms with E-state index in [9.17, 15) is 0 Å². The van der Waals surface area contributed by atoms with Crippen LogP contribution in [0.4, 0.5) is 0 Å². The van der Waals surface area contributed by atoms with Crippen LogP contribution in [0.2, 0.25) is 0 Å². The van der Waals surface area contributed by atoms with Gasteiger partial charge in [0.25, 0.3) is 0 Å². The summed E-state index contributed by atoms with van der Waals surface area (Å²) in [5.41, 5.74) is 1.04. The van der Waals surface area contributed by atoms with Gasteiger partial charge in [0.05, 0.1) is 0 Å². The van der Waals surface area contributed by atoms with Crippen molar-refractivity contribution in [3.05, 3.63) is 22.9 Å². The van der Waals surface area contributed by atoms with E-state index in [0.717, 1.165) is 10.6 Å². The minimum Gasteiger partial charge on any atom is -0.363 e. The van der Waals surface area contributed by atoms with Gasteiger partial charge in [-0.25, -0.2) is 0 Å². The summed E-state index contributed by atoms with van der Waals surface area (Å²) >= 11 is 5.81. The summed E-state index contributed by atoms with van der Waals surface area (Å²) < 4.78 is 4.99. The Morgan fingerprint density at radius 1 is 1.70 bits per heavy atom. The molecule has 1 heterocycles. The number of halogens is 1. The minimum absolute atomic E-state index is 0.0730. The first-order valence-corrected chi connectivity index (χ1v) is 3.45. The molecule has 1 rings (SSSR count). The molecule has 1 aliphatic heterocycles. The zero-order valence-electron chi connectivity index (χ0n) is 6.02. The first-order valence-electron chi connectivity index (χ1n) is 3.07. The van der Waals surface area contributed by atoms with Crippen molar-refractivity contribution in [1.82, 2.24) is 5.32 Å². The average Bonchev–Trinajstić information content (AvgIpc) is 1.95. The summed E-state index contributed by atoms with van der Waals surface area (Å²) in [4.78, 5) is 0. The third-order valence-electron chi connectivity index (χ3n) is 1.39. The molecule has 0 aliphatic carbocycles. The molecule has 1 unspecified atom stereocenters. The molecule has 2 nitrogen and oxygen atoms in total. The van der Waals surface area contributed by atoms with Gasteiger partial charge >= 0.3 is 0 Å². The van der Waals surface area contributed by atoms with Crippen LogP contribution in [0.15, 0.2) is 22.9 Å².